The molecule has 1 N–H and O–H groups in total. The Labute approximate surface area is 95.0 Å². The number of nitrogens with zero attached hydrogens (tertiary/aromatic N) is 1. The van der Waals surface area contributed by atoms with Crippen molar-refractivity contribution in [2.75, 3.05) is 14.1 Å². The molecule has 94 valence electrons. The Morgan fingerprint density at radius 2 is 1.13 bits per heavy atom. The van der Waals surface area contributed by atoms with Crippen molar-refractivity contribution in [2.24, 2.45) is 0 Å². The Bertz CT molecular complexity index is 135. The number of imide groups is 1. The summed E-state index contributed by atoms with van der Waals surface area (Å²) in [5.41, 5.74) is 0. The van der Waals surface area contributed by atoms with Gasteiger partial charge in [0.1, 0.15) is 0 Å². The van der Waals surface area contributed by atoms with Gasteiger partial charge in [-0.25, -0.2) is 4.79 Å². The third-order valence-electron chi connectivity index (χ3n) is 0.689. The van der Waals surface area contributed by atoms with Crippen molar-refractivity contribution in [1.82, 2.24) is 10.2 Å². The zero-order valence-corrected chi connectivity index (χ0v) is 11.8. The third kappa shape index (κ3) is 32.2. The van der Waals surface area contributed by atoms with Gasteiger partial charge in [0.2, 0.25) is 5.91 Å². The Hall–Kier alpha value is -1.06. The second-order valence-corrected chi connectivity index (χ2v) is 1.88. The van der Waals surface area contributed by atoms with Gasteiger partial charge in [0, 0.05) is 21.0 Å². The SMILES string of the molecule is CC.CC.CC.CC(=O)NC(=O)N(C)C. The lowest BCUT2D eigenvalue weighted by Gasteiger charge is -2.08. The zero-order chi connectivity index (χ0) is 13.4. The molecule has 0 bridgehead atoms. The number of carbonyl (C=O) groups excluding carboxylic acids is 2. The summed E-state index contributed by atoms with van der Waals surface area (Å²) in [5, 5.41) is 2.09. The Balaban J connectivity index is -0.0000000860. The average molecular weight is 220 g/mol. The number of hydrogen-bond donors (Lipinski definition) is 1. The minimum atomic E-state index is -0.387. The van der Waals surface area contributed by atoms with Gasteiger partial charge in [-0.15, -0.1) is 0 Å². The van der Waals surface area contributed by atoms with E-state index in [-0.39, 0.29) is 11.9 Å². The lowest BCUT2D eigenvalue weighted by Crippen LogP contribution is -2.37. The topological polar surface area (TPSA) is 49.4 Å². The largest absolute Gasteiger partial charge is 0.331 e. The maximum absolute atomic E-state index is 10.5. The van der Waals surface area contributed by atoms with Crippen LogP contribution in [0.4, 0.5) is 4.79 Å². The predicted molar refractivity (Wildman–Crippen MR) is 66.9 cm³/mol. The van der Waals surface area contributed by atoms with Gasteiger partial charge in [-0.05, 0) is 0 Å². The molecule has 0 fully saturated rings. The van der Waals surface area contributed by atoms with E-state index >= 15 is 0 Å². The fourth-order valence-corrected chi connectivity index (χ4v) is 0.262. The number of nitrogens with one attached hydrogen (secondary N) is 1. The molecule has 0 atom stereocenters. The molecule has 4 nitrogen and oxygen atoms in total. The first-order valence-corrected chi connectivity index (χ1v) is 5.53. The lowest BCUT2D eigenvalue weighted by molar-refractivity contribution is -0.118. The van der Waals surface area contributed by atoms with Crippen molar-refractivity contribution < 1.29 is 9.59 Å². The highest BCUT2D eigenvalue weighted by Crippen LogP contribution is 1.74. The van der Waals surface area contributed by atoms with Gasteiger partial charge in [0.05, 0.1) is 0 Å². The molecular weight excluding hydrogens is 192 g/mol. The van der Waals surface area contributed by atoms with Crippen LogP contribution < -0.4 is 5.32 Å². The number of rotatable bonds is 0. The van der Waals surface area contributed by atoms with Gasteiger partial charge in [-0.2, -0.15) is 0 Å². The summed E-state index contributed by atoms with van der Waals surface area (Å²) in [7, 11) is 3.14. The van der Waals surface area contributed by atoms with Crippen molar-refractivity contribution in [3.8, 4) is 0 Å². The van der Waals surface area contributed by atoms with Crippen molar-refractivity contribution in [1.29, 1.82) is 0 Å². The van der Waals surface area contributed by atoms with Crippen LogP contribution in [0.3, 0.4) is 0 Å². The van der Waals surface area contributed by atoms with E-state index < -0.39 is 0 Å². The minimum Gasteiger partial charge on any atom is -0.331 e. The summed E-state index contributed by atoms with van der Waals surface area (Å²) >= 11 is 0. The van der Waals surface area contributed by atoms with Gasteiger partial charge in [0.25, 0.3) is 0 Å². The van der Waals surface area contributed by atoms with E-state index in [9.17, 15) is 9.59 Å². The molecule has 0 saturated heterocycles. The second-order valence-electron chi connectivity index (χ2n) is 1.88. The Kier molecular flexibility index (Phi) is 36.4. The van der Waals surface area contributed by atoms with E-state index in [2.05, 4.69) is 5.32 Å². The fourth-order valence-electron chi connectivity index (χ4n) is 0.262. The number of carbonyl (C=O) groups is 2. The van der Waals surface area contributed by atoms with Crippen LogP contribution in [0.15, 0.2) is 0 Å². The summed E-state index contributed by atoms with van der Waals surface area (Å²) in [6.07, 6.45) is 0. The molecule has 0 aromatic carbocycles. The Morgan fingerprint density at radius 1 is 0.867 bits per heavy atom. The fraction of sp³-hybridized carbons (Fsp3) is 0.818. The van der Waals surface area contributed by atoms with Crippen LogP contribution >= 0.6 is 0 Å². The molecule has 0 aliphatic heterocycles. The van der Waals surface area contributed by atoms with E-state index in [1.165, 1.54) is 11.8 Å². The molecule has 15 heavy (non-hydrogen) atoms. The molecule has 0 heterocycles. The lowest BCUT2D eigenvalue weighted by atomic mass is 10.7. The average Bonchev–Trinajstić information content (AvgIpc) is 2.25. The third-order valence-corrected chi connectivity index (χ3v) is 0.689. The van der Waals surface area contributed by atoms with Crippen LogP contribution in [0.1, 0.15) is 48.5 Å². The van der Waals surface area contributed by atoms with Crippen LogP contribution in [0.2, 0.25) is 0 Å². The van der Waals surface area contributed by atoms with Crippen molar-refractivity contribution >= 4 is 11.9 Å². The van der Waals surface area contributed by atoms with Crippen molar-refractivity contribution in [3.05, 3.63) is 0 Å². The van der Waals surface area contributed by atoms with Crippen LogP contribution in [-0.4, -0.2) is 30.9 Å². The first-order chi connectivity index (χ1) is 7.04. The predicted octanol–water partition coefficient (Wildman–Crippen LogP) is 2.88. The standard InChI is InChI=1S/C5H10N2O2.3C2H6/c1-4(8)6-5(9)7(2)3;3*1-2/h1-3H3,(H,6,8,9);3*1-2H3. The molecule has 0 spiro atoms. The molecule has 0 aliphatic carbocycles. The normalized spacial score (nSPS) is 6.20. The molecule has 0 radical (unpaired) electrons. The molecule has 0 saturated carbocycles. The summed E-state index contributed by atoms with van der Waals surface area (Å²) in [6, 6.07) is -0.387. The maximum Gasteiger partial charge on any atom is 0.323 e. The highest BCUT2D eigenvalue weighted by atomic mass is 16.2. The van der Waals surface area contributed by atoms with Crippen molar-refractivity contribution in [2.45, 2.75) is 48.5 Å². The quantitative estimate of drug-likeness (QED) is 0.682. The highest BCUT2D eigenvalue weighted by molar-refractivity contribution is 5.92. The first kappa shape index (κ1) is 23.6. The molecular formula is C11H28N2O2. The molecule has 3 amide bonds. The van der Waals surface area contributed by atoms with Gasteiger partial charge in [-0.3, -0.25) is 10.1 Å². The van der Waals surface area contributed by atoms with E-state index in [1.807, 2.05) is 41.5 Å². The second kappa shape index (κ2) is 23.1. The first-order valence-electron chi connectivity index (χ1n) is 5.53. The molecule has 0 aliphatic rings. The van der Waals surface area contributed by atoms with E-state index in [4.69, 9.17) is 0 Å². The maximum atomic E-state index is 10.5. The van der Waals surface area contributed by atoms with E-state index in [1.54, 1.807) is 14.1 Å². The molecule has 0 unspecified atom stereocenters. The molecule has 0 rings (SSSR count). The molecule has 0 aromatic rings. The van der Waals surface area contributed by atoms with Gasteiger partial charge < -0.3 is 4.90 Å². The summed E-state index contributed by atoms with van der Waals surface area (Å²) in [6.45, 7) is 13.3. The van der Waals surface area contributed by atoms with Gasteiger partial charge >= 0.3 is 6.03 Å². The van der Waals surface area contributed by atoms with E-state index in [0.29, 0.717) is 0 Å². The van der Waals surface area contributed by atoms with Crippen LogP contribution in [0.25, 0.3) is 0 Å². The van der Waals surface area contributed by atoms with Gasteiger partial charge in [-0.1, -0.05) is 41.5 Å². The van der Waals surface area contributed by atoms with Crippen LogP contribution in [0, 0.1) is 0 Å². The zero-order valence-electron chi connectivity index (χ0n) is 11.8. The van der Waals surface area contributed by atoms with Crippen LogP contribution in [-0.2, 0) is 4.79 Å². The Morgan fingerprint density at radius 3 is 1.20 bits per heavy atom. The van der Waals surface area contributed by atoms with Gasteiger partial charge in [0.15, 0.2) is 0 Å². The molecule has 4 heteroatoms. The summed E-state index contributed by atoms with van der Waals surface area (Å²) in [5.74, 6) is -0.339. The highest BCUT2D eigenvalue weighted by Gasteiger charge is 2.02. The summed E-state index contributed by atoms with van der Waals surface area (Å²) < 4.78 is 0. The summed E-state index contributed by atoms with van der Waals surface area (Å²) in [4.78, 5) is 22.0. The molecule has 0 aromatic heterocycles. The van der Waals surface area contributed by atoms with Crippen molar-refractivity contribution in [3.63, 3.8) is 0 Å². The number of hydrogen-bond acceptors (Lipinski definition) is 2. The monoisotopic (exact) mass is 220 g/mol. The van der Waals surface area contributed by atoms with Crippen LogP contribution in [0.5, 0.6) is 0 Å². The van der Waals surface area contributed by atoms with E-state index in [0.717, 1.165) is 0 Å². The number of urea groups is 1. The number of amides is 3. The minimum absolute atomic E-state index is 0.339. The smallest absolute Gasteiger partial charge is 0.323 e.